The Bertz CT molecular complexity index is 1220. The van der Waals surface area contributed by atoms with Crippen LogP contribution in [-0.4, -0.2) is 22.5 Å². The van der Waals surface area contributed by atoms with Crippen molar-refractivity contribution in [3.8, 4) is 0 Å². The fourth-order valence-electron chi connectivity index (χ4n) is 3.81. The van der Waals surface area contributed by atoms with Crippen LogP contribution in [0.3, 0.4) is 0 Å². The van der Waals surface area contributed by atoms with Crippen LogP contribution in [0.25, 0.3) is 10.9 Å². The average molecular weight is 462 g/mol. The molecule has 0 radical (unpaired) electrons. The van der Waals surface area contributed by atoms with E-state index in [0.29, 0.717) is 6.42 Å². The third-order valence-electron chi connectivity index (χ3n) is 5.70. The molecule has 0 fully saturated rings. The molecule has 7 heteroatoms. The molecule has 0 saturated heterocycles. The van der Waals surface area contributed by atoms with Crippen LogP contribution in [0, 0.1) is 0 Å². The van der Waals surface area contributed by atoms with Crippen LogP contribution in [0.5, 0.6) is 0 Å². The van der Waals surface area contributed by atoms with E-state index in [1.54, 1.807) is 6.92 Å². The smallest absolute Gasteiger partial charge is 0.408 e. The summed E-state index contributed by atoms with van der Waals surface area (Å²) in [7, 11) is 0. The van der Waals surface area contributed by atoms with E-state index in [9.17, 15) is 9.59 Å². The number of para-hydroxylation sites is 1. The van der Waals surface area contributed by atoms with Gasteiger partial charge in [-0.3, -0.25) is 4.79 Å². The lowest BCUT2D eigenvalue weighted by molar-refractivity contribution is -0.127. The number of alkyl carbamates (subject to hydrolysis) is 1. The van der Waals surface area contributed by atoms with E-state index in [0.717, 1.165) is 27.6 Å². The maximum Gasteiger partial charge on any atom is 0.408 e. The van der Waals surface area contributed by atoms with Crippen molar-refractivity contribution < 1.29 is 14.3 Å². The van der Waals surface area contributed by atoms with E-state index >= 15 is 0 Å². The van der Waals surface area contributed by atoms with E-state index in [1.807, 2.05) is 84.5 Å². The second-order valence-corrected chi connectivity index (χ2v) is 9.09. The lowest BCUT2D eigenvalue weighted by Crippen LogP contribution is -2.58. The molecule has 6 nitrogen and oxygen atoms in total. The van der Waals surface area contributed by atoms with Gasteiger partial charge in [-0.1, -0.05) is 48.5 Å². The van der Waals surface area contributed by atoms with Gasteiger partial charge in [0.2, 0.25) is 5.91 Å². The van der Waals surface area contributed by atoms with E-state index in [2.05, 4.69) is 15.6 Å². The Labute approximate surface area is 197 Å². The predicted molar refractivity (Wildman–Crippen MR) is 131 cm³/mol. The molecule has 4 aromatic rings. The van der Waals surface area contributed by atoms with Crippen molar-refractivity contribution in [3.05, 3.63) is 94.3 Å². The first-order valence-corrected chi connectivity index (χ1v) is 11.8. The highest BCUT2D eigenvalue weighted by Gasteiger charge is 2.37. The second-order valence-electron chi connectivity index (χ2n) is 8.31. The molecule has 4 rings (SSSR count). The van der Waals surface area contributed by atoms with Gasteiger partial charge in [-0.05, 0) is 47.9 Å². The first-order chi connectivity index (χ1) is 15.9. The summed E-state index contributed by atoms with van der Waals surface area (Å²) in [6.45, 7) is 3.81. The average Bonchev–Trinajstić information content (AvgIpc) is 3.48. The molecule has 2 amide bonds. The minimum Gasteiger partial charge on any atom is -0.445 e. The van der Waals surface area contributed by atoms with Crippen LogP contribution < -0.4 is 10.6 Å². The Morgan fingerprint density at radius 1 is 1.09 bits per heavy atom. The SMILES string of the molecule is CC(NC(=O)C(C)(Cc1c[nH]c2ccccc12)NC(=O)OCc1ccsc1)c1ccccc1. The normalized spacial score (nSPS) is 13.8. The zero-order chi connectivity index (χ0) is 23.3. The number of benzene rings is 2. The number of aromatic nitrogens is 1. The molecule has 0 aliphatic rings. The number of hydrogen-bond acceptors (Lipinski definition) is 4. The lowest BCUT2D eigenvalue weighted by atomic mass is 9.91. The van der Waals surface area contributed by atoms with Crippen LogP contribution in [0.4, 0.5) is 4.79 Å². The molecule has 0 spiro atoms. The van der Waals surface area contributed by atoms with Crippen molar-refractivity contribution in [2.75, 3.05) is 0 Å². The summed E-state index contributed by atoms with van der Waals surface area (Å²) in [5, 5.41) is 10.8. The largest absolute Gasteiger partial charge is 0.445 e. The number of ether oxygens (including phenoxy) is 1. The highest BCUT2D eigenvalue weighted by atomic mass is 32.1. The van der Waals surface area contributed by atoms with Gasteiger partial charge in [0.05, 0.1) is 6.04 Å². The highest BCUT2D eigenvalue weighted by Crippen LogP contribution is 2.24. The van der Waals surface area contributed by atoms with E-state index in [1.165, 1.54) is 11.3 Å². The van der Waals surface area contributed by atoms with Crippen LogP contribution in [0.15, 0.2) is 77.6 Å². The molecule has 33 heavy (non-hydrogen) atoms. The summed E-state index contributed by atoms with van der Waals surface area (Å²) in [6, 6.07) is 19.3. The molecule has 0 bridgehead atoms. The van der Waals surface area contributed by atoms with Crippen molar-refractivity contribution in [1.82, 2.24) is 15.6 Å². The summed E-state index contributed by atoms with van der Waals surface area (Å²) < 4.78 is 5.40. The van der Waals surface area contributed by atoms with E-state index in [-0.39, 0.29) is 18.6 Å². The number of rotatable bonds is 8. The highest BCUT2D eigenvalue weighted by molar-refractivity contribution is 7.07. The summed E-state index contributed by atoms with van der Waals surface area (Å²) in [4.78, 5) is 29.4. The predicted octanol–water partition coefficient (Wildman–Crippen LogP) is 5.33. The van der Waals surface area contributed by atoms with Gasteiger partial charge in [-0.2, -0.15) is 11.3 Å². The third-order valence-corrected chi connectivity index (χ3v) is 6.43. The summed E-state index contributed by atoms with van der Waals surface area (Å²) >= 11 is 1.54. The van der Waals surface area contributed by atoms with E-state index in [4.69, 9.17) is 4.74 Å². The Balaban J connectivity index is 1.54. The lowest BCUT2D eigenvalue weighted by Gasteiger charge is -2.31. The first kappa shape index (κ1) is 22.6. The fraction of sp³-hybridized carbons (Fsp3) is 0.231. The van der Waals surface area contributed by atoms with Gasteiger partial charge in [0.25, 0.3) is 0 Å². The number of aromatic amines is 1. The molecule has 3 N–H and O–H groups in total. The van der Waals surface area contributed by atoms with Crippen LogP contribution in [-0.2, 0) is 22.6 Å². The number of fused-ring (bicyclic) bond motifs is 1. The molecule has 2 atom stereocenters. The summed E-state index contributed by atoms with van der Waals surface area (Å²) in [5.74, 6) is -0.281. The molecule has 2 heterocycles. The number of thiophene rings is 1. The zero-order valence-electron chi connectivity index (χ0n) is 18.6. The summed E-state index contributed by atoms with van der Waals surface area (Å²) in [6.07, 6.45) is 1.55. The van der Waals surface area contributed by atoms with Gasteiger partial charge in [0.1, 0.15) is 12.1 Å². The number of H-pyrrole nitrogens is 1. The second kappa shape index (κ2) is 9.92. The first-order valence-electron chi connectivity index (χ1n) is 10.8. The molecule has 0 aliphatic heterocycles. The van der Waals surface area contributed by atoms with Gasteiger partial charge < -0.3 is 20.4 Å². The maximum absolute atomic E-state index is 13.5. The minimum atomic E-state index is -1.22. The van der Waals surface area contributed by atoms with Crippen LogP contribution in [0.2, 0.25) is 0 Å². The van der Waals surface area contributed by atoms with Crippen LogP contribution >= 0.6 is 11.3 Å². The minimum absolute atomic E-state index is 0.153. The van der Waals surface area contributed by atoms with Crippen molar-refractivity contribution in [2.24, 2.45) is 0 Å². The van der Waals surface area contributed by atoms with Crippen molar-refractivity contribution in [2.45, 2.75) is 38.5 Å². The van der Waals surface area contributed by atoms with Gasteiger partial charge in [-0.15, -0.1) is 0 Å². The number of carbonyl (C=O) groups excluding carboxylic acids is 2. The standard InChI is InChI=1S/C26H27N3O3S/c1-18(20-8-4-3-5-9-20)28-24(30)26(2,29-25(31)32-16-19-12-13-33-17-19)14-21-15-27-23-11-7-6-10-22(21)23/h3-13,15,17-18,27H,14,16H2,1-2H3,(H,28,30)(H,29,31). The Kier molecular flexibility index (Phi) is 6.79. The van der Waals surface area contributed by atoms with Crippen molar-refractivity contribution >= 4 is 34.2 Å². The molecule has 0 saturated carbocycles. The molecule has 170 valence electrons. The Morgan fingerprint density at radius 2 is 1.85 bits per heavy atom. The maximum atomic E-state index is 13.5. The fourth-order valence-corrected chi connectivity index (χ4v) is 4.46. The topological polar surface area (TPSA) is 83.2 Å². The van der Waals surface area contributed by atoms with E-state index < -0.39 is 11.6 Å². The third kappa shape index (κ3) is 5.43. The number of amides is 2. The quantitative estimate of drug-likeness (QED) is 0.331. The van der Waals surface area contributed by atoms with Crippen LogP contribution in [0.1, 0.15) is 36.6 Å². The zero-order valence-corrected chi connectivity index (χ0v) is 19.4. The van der Waals surface area contributed by atoms with Gasteiger partial charge in [0, 0.05) is 29.1 Å². The van der Waals surface area contributed by atoms with Gasteiger partial charge in [0.15, 0.2) is 0 Å². The molecular weight excluding hydrogens is 434 g/mol. The van der Waals surface area contributed by atoms with Gasteiger partial charge >= 0.3 is 6.09 Å². The monoisotopic (exact) mass is 461 g/mol. The molecular formula is C26H27N3O3S. The summed E-state index contributed by atoms with van der Waals surface area (Å²) in [5.41, 5.74) is 2.59. The molecule has 0 aliphatic carbocycles. The van der Waals surface area contributed by atoms with Crippen molar-refractivity contribution in [1.29, 1.82) is 0 Å². The Hall–Kier alpha value is -3.58. The number of nitrogens with one attached hydrogen (secondary N) is 3. The number of carbonyl (C=O) groups is 2. The van der Waals surface area contributed by atoms with Crippen molar-refractivity contribution in [3.63, 3.8) is 0 Å². The molecule has 2 aromatic heterocycles. The number of hydrogen-bond donors (Lipinski definition) is 3. The van der Waals surface area contributed by atoms with Gasteiger partial charge in [-0.25, -0.2) is 4.79 Å². The Morgan fingerprint density at radius 3 is 2.61 bits per heavy atom. The molecule has 2 aromatic carbocycles. The molecule has 2 unspecified atom stereocenters.